The maximum absolute atomic E-state index is 5.39. The number of ether oxygens (including phenoxy) is 1. The fourth-order valence-electron chi connectivity index (χ4n) is 4.48. The van der Waals surface area contributed by atoms with Crippen molar-refractivity contribution in [1.82, 2.24) is 24.3 Å². The number of nitrogens with one attached hydrogen (secondary N) is 1. The number of nitrogens with zero attached hydrogens (tertiary/aromatic N) is 6. The summed E-state index contributed by atoms with van der Waals surface area (Å²) in [6, 6.07) is 4.88. The molecule has 0 atom stereocenters. The van der Waals surface area contributed by atoms with Crippen LogP contribution in [0.15, 0.2) is 35.5 Å². The van der Waals surface area contributed by atoms with E-state index in [1.807, 2.05) is 6.07 Å². The lowest BCUT2D eigenvalue weighted by Crippen LogP contribution is -2.56. The maximum Gasteiger partial charge on any atom is 0.160 e. The highest BCUT2D eigenvalue weighted by Crippen LogP contribution is 2.42. The number of fused-ring (bicyclic) bond motifs is 1. The van der Waals surface area contributed by atoms with Gasteiger partial charge in [-0.25, -0.2) is 15.0 Å². The van der Waals surface area contributed by atoms with Gasteiger partial charge in [-0.05, 0) is 46.3 Å². The first kappa shape index (κ1) is 19.5. The first-order valence-corrected chi connectivity index (χ1v) is 11.8. The van der Waals surface area contributed by atoms with Crippen molar-refractivity contribution in [2.45, 2.75) is 31.3 Å². The van der Waals surface area contributed by atoms with Crippen LogP contribution in [0.3, 0.4) is 0 Å². The third kappa shape index (κ3) is 4.02. The van der Waals surface area contributed by atoms with Crippen molar-refractivity contribution in [3.63, 3.8) is 0 Å². The topological polar surface area (TPSA) is 70.8 Å². The Morgan fingerprint density at radius 2 is 1.90 bits per heavy atom. The number of hydrogen-bond donors (Lipinski definition) is 1. The molecule has 2 saturated heterocycles. The van der Waals surface area contributed by atoms with Gasteiger partial charge < -0.3 is 19.4 Å². The molecule has 0 radical (unpaired) electrons. The molecule has 3 aliphatic rings. The van der Waals surface area contributed by atoms with Crippen LogP contribution in [-0.4, -0.2) is 69.7 Å². The van der Waals surface area contributed by atoms with E-state index < -0.39 is 0 Å². The van der Waals surface area contributed by atoms with Gasteiger partial charge >= 0.3 is 0 Å². The minimum Gasteiger partial charge on any atom is -0.378 e. The molecule has 0 bridgehead atoms. The van der Waals surface area contributed by atoms with Crippen molar-refractivity contribution in [3.8, 4) is 0 Å². The molecule has 0 aromatic carbocycles. The highest BCUT2D eigenvalue weighted by Gasteiger charge is 2.31. The van der Waals surface area contributed by atoms with Crippen LogP contribution in [0.2, 0.25) is 0 Å². The van der Waals surface area contributed by atoms with Gasteiger partial charge in [0.15, 0.2) is 5.65 Å². The van der Waals surface area contributed by atoms with Crippen LogP contribution in [0, 0.1) is 0 Å². The van der Waals surface area contributed by atoms with Crippen molar-refractivity contribution >= 4 is 33.1 Å². The lowest BCUT2D eigenvalue weighted by atomic mass is 10.1. The predicted octanol–water partition coefficient (Wildman–Crippen LogP) is 2.90. The molecule has 9 heteroatoms. The molecule has 0 amide bonds. The van der Waals surface area contributed by atoms with Crippen LogP contribution in [0.4, 0.5) is 11.5 Å². The van der Waals surface area contributed by atoms with Gasteiger partial charge in [0.2, 0.25) is 0 Å². The van der Waals surface area contributed by atoms with Gasteiger partial charge in [-0.15, -0.1) is 0 Å². The van der Waals surface area contributed by atoms with Crippen molar-refractivity contribution < 1.29 is 4.74 Å². The summed E-state index contributed by atoms with van der Waals surface area (Å²) in [7, 11) is 0. The molecular weight excluding hydrogens is 458 g/mol. The normalized spacial score (nSPS) is 20.2. The molecule has 1 N–H and O–H groups in total. The minimum absolute atomic E-state index is 0.617. The van der Waals surface area contributed by atoms with Gasteiger partial charge in [0.05, 0.1) is 37.2 Å². The summed E-state index contributed by atoms with van der Waals surface area (Å²) in [4.78, 5) is 18.4. The zero-order chi connectivity index (χ0) is 20.8. The number of halogens is 1. The molecule has 2 aliphatic heterocycles. The van der Waals surface area contributed by atoms with Crippen molar-refractivity contribution in [1.29, 1.82) is 0 Å². The van der Waals surface area contributed by atoms with E-state index >= 15 is 0 Å². The molecule has 3 aromatic heterocycles. The average molecular weight is 484 g/mol. The maximum atomic E-state index is 5.39. The standard InChI is InChI=1S/C22H26BrN7O/c23-20-8-21(26-14-25-20)24-9-17-11-30-10-16(15-1-2-15)7-19(22(30)27-17)29-5-3-28(4-6-29)18-12-31-13-18/h7-8,10-11,14-15,18H,1-6,9,12-13H2,(H,24,25,26). The first-order valence-electron chi connectivity index (χ1n) is 11.0. The van der Waals surface area contributed by atoms with Crippen molar-refractivity contribution in [2.75, 3.05) is 49.6 Å². The van der Waals surface area contributed by atoms with E-state index in [1.165, 1.54) is 24.1 Å². The van der Waals surface area contributed by atoms with Crippen molar-refractivity contribution in [3.05, 3.63) is 46.7 Å². The van der Waals surface area contributed by atoms with Gasteiger partial charge in [0.1, 0.15) is 16.7 Å². The van der Waals surface area contributed by atoms with Gasteiger partial charge in [-0.3, -0.25) is 4.90 Å². The van der Waals surface area contributed by atoms with Crippen LogP contribution in [0.5, 0.6) is 0 Å². The number of rotatable bonds is 6. The zero-order valence-electron chi connectivity index (χ0n) is 17.4. The third-order valence-electron chi connectivity index (χ3n) is 6.53. The SMILES string of the molecule is Brc1cc(NCc2cn3cc(C4CC4)cc(N4CCN(C5COC5)CC4)c3n2)ncn1. The van der Waals surface area contributed by atoms with E-state index in [2.05, 4.69) is 63.9 Å². The lowest BCUT2D eigenvalue weighted by molar-refractivity contribution is -0.0660. The summed E-state index contributed by atoms with van der Waals surface area (Å²) in [5.41, 5.74) is 4.76. The number of anilines is 2. The first-order chi connectivity index (χ1) is 15.2. The fraction of sp³-hybridized carbons (Fsp3) is 0.500. The molecule has 5 heterocycles. The van der Waals surface area contributed by atoms with E-state index in [0.29, 0.717) is 18.5 Å². The van der Waals surface area contributed by atoms with E-state index in [1.54, 1.807) is 6.33 Å². The average Bonchev–Trinajstić information content (AvgIpc) is 3.51. The van der Waals surface area contributed by atoms with Crippen LogP contribution in [-0.2, 0) is 11.3 Å². The summed E-state index contributed by atoms with van der Waals surface area (Å²) in [5.74, 6) is 1.49. The molecule has 0 spiro atoms. The number of imidazole rings is 1. The predicted molar refractivity (Wildman–Crippen MR) is 123 cm³/mol. The summed E-state index contributed by atoms with van der Waals surface area (Å²) >= 11 is 3.39. The van der Waals surface area contributed by atoms with E-state index in [0.717, 1.165) is 61.2 Å². The monoisotopic (exact) mass is 483 g/mol. The van der Waals surface area contributed by atoms with E-state index in [4.69, 9.17) is 9.72 Å². The Bertz CT molecular complexity index is 1090. The Morgan fingerprint density at radius 3 is 2.61 bits per heavy atom. The molecule has 162 valence electrons. The second-order valence-corrected chi connectivity index (χ2v) is 9.50. The molecule has 1 saturated carbocycles. The molecule has 6 rings (SSSR count). The molecule has 1 aliphatic carbocycles. The minimum atomic E-state index is 0.617. The second kappa shape index (κ2) is 8.03. The number of hydrogen-bond acceptors (Lipinski definition) is 7. The molecule has 31 heavy (non-hydrogen) atoms. The summed E-state index contributed by atoms with van der Waals surface area (Å²) in [5, 5.41) is 3.35. The highest BCUT2D eigenvalue weighted by molar-refractivity contribution is 9.10. The van der Waals surface area contributed by atoms with E-state index in [-0.39, 0.29) is 0 Å². The van der Waals surface area contributed by atoms with Gasteiger partial charge in [0.25, 0.3) is 0 Å². The Kier molecular flexibility index (Phi) is 5.04. The van der Waals surface area contributed by atoms with Gasteiger partial charge in [0, 0.05) is 44.6 Å². The van der Waals surface area contributed by atoms with Crippen LogP contribution in [0.1, 0.15) is 30.0 Å². The number of pyridine rings is 1. The quantitative estimate of drug-likeness (QED) is 0.540. The Balaban J connectivity index is 1.25. The molecule has 0 unspecified atom stereocenters. The smallest absolute Gasteiger partial charge is 0.160 e. The third-order valence-corrected chi connectivity index (χ3v) is 6.96. The number of aromatic nitrogens is 4. The zero-order valence-corrected chi connectivity index (χ0v) is 19.0. The Morgan fingerprint density at radius 1 is 1.06 bits per heavy atom. The summed E-state index contributed by atoms with van der Waals surface area (Å²) < 4.78 is 8.38. The van der Waals surface area contributed by atoms with Crippen molar-refractivity contribution in [2.24, 2.45) is 0 Å². The summed E-state index contributed by atoms with van der Waals surface area (Å²) in [6.07, 6.45) is 8.57. The largest absolute Gasteiger partial charge is 0.378 e. The molecule has 3 fully saturated rings. The molecule has 3 aromatic rings. The van der Waals surface area contributed by atoms with Crippen LogP contribution < -0.4 is 10.2 Å². The molecular formula is C22H26BrN7O. The fourth-order valence-corrected chi connectivity index (χ4v) is 4.79. The van der Waals surface area contributed by atoms with Crippen LogP contribution in [0.25, 0.3) is 5.65 Å². The Labute approximate surface area is 189 Å². The van der Waals surface area contributed by atoms with Gasteiger partial charge in [-0.2, -0.15) is 0 Å². The van der Waals surface area contributed by atoms with Gasteiger partial charge in [-0.1, -0.05) is 0 Å². The number of piperazine rings is 1. The van der Waals surface area contributed by atoms with E-state index in [9.17, 15) is 0 Å². The Hall–Kier alpha value is -2.23. The molecule has 8 nitrogen and oxygen atoms in total. The second-order valence-electron chi connectivity index (χ2n) is 8.69. The highest BCUT2D eigenvalue weighted by atomic mass is 79.9. The van der Waals surface area contributed by atoms with Crippen LogP contribution >= 0.6 is 15.9 Å². The summed E-state index contributed by atoms with van der Waals surface area (Å²) in [6.45, 7) is 6.66. The lowest BCUT2D eigenvalue weighted by Gasteiger charge is -2.43.